The molecule has 1 rings (SSSR count). The van der Waals surface area contributed by atoms with Crippen molar-refractivity contribution in [3.05, 3.63) is 0 Å². The van der Waals surface area contributed by atoms with Crippen molar-refractivity contribution >= 4 is 71.1 Å². The Labute approximate surface area is 118 Å². The van der Waals surface area contributed by atoms with E-state index in [0.717, 1.165) is 0 Å². The van der Waals surface area contributed by atoms with E-state index in [4.69, 9.17) is 4.18 Å². The summed E-state index contributed by atoms with van der Waals surface area (Å²) in [6.45, 7) is 0. The third-order valence-corrected chi connectivity index (χ3v) is 7.99. The molecule has 1 aliphatic carbocycles. The van der Waals surface area contributed by atoms with Gasteiger partial charge in [0.15, 0.2) is 0 Å². The Kier molecular flexibility index (Phi) is 6.78. The monoisotopic (exact) mass is 476 g/mol. The molecule has 0 aromatic heterocycles. The normalized spacial score (nSPS) is 22.2. The van der Waals surface area contributed by atoms with Gasteiger partial charge in [-0.25, -0.2) is 0 Å². The maximum absolute atomic E-state index is 11.6. The van der Waals surface area contributed by atoms with Crippen LogP contribution in [0.15, 0.2) is 0 Å². The summed E-state index contributed by atoms with van der Waals surface area (Å²) in [7, 11) is -1.17. The second-order valence-corrected chi connectivity index (χ2v) is 14.7. The zero-order chi connectivity index (χ0) is 10.6. The molecule has 14 heavy (non-hydrogen) atoms. The van der Waals surface area contributed by atoms with Gasteiger partial charge in [-0.1, -0.05) is 0 Å². The molecule has 1 aliphatic rings. The molecule has 84 valence electrons. The predicted octanol–water partition coefficient (Wildman–Crippen LogP) is 3.83. The molecular formula is C7H11Br3O2SSe. The van der Waals surface area contributed by atoms with E-state index in [0.29, 0.717) is 4.82 Å². The van der Waals surface area contributed by atoms with E-state index in [1.807, 2.05) is 0 Å². The Bertz CT molecular complexity index is 204. The number of halogens is 3. The van der Waals surface area contributed by atoms with Crippen molar-refractivity contribution < 1.29 is 8.39 Å². The van der Waals surface area contributed by atoms with Crippen molar-refractivity contribution in [3.8, 4) is 0 Å². The Morgan fingerprint density at radius 3 is 2.29 bits per heavy atom. The van der Waals surface area contributed by atoms with Gasteiger partial charge in [0.25, 0.3) is 0 Å². The fourth-order valence-corrected chi connectivity index (χ4v) is 9.03. The van der Waals surface area contributed by atoms with Gasteiger partial charge < -0.3 is 0 Å². The van der Waals surface area contributed by atoms with E-state index >= 15 is 0 Å². The first-order chi connectivity index (χ1) is 6.47. The summed E-state index contributed by atoms with van der Waals surface area (Å²) in [5.41, 5.74) is 0. The van der Waals surface area contributed by atoms with Crippen molar-refractivity contribution in [2.75, 3.05) is 0 Å². The van der Waals surface area contributed by atoms with Crippen LogP contribution >= 0.6 is 47.8 Å². The van der Waals surface area contributed by atoms with E-state index in [2.05, 4.69) is 47.8 Å². The first kappa shape index (κ1) is 14.1. The SMILES string of the molecule is O=S(OC(Br)(Br)Br)[Se]C1CCCCC1. The number of hydrogen-bond donors (Lipinski definition) is 0. The number of alkyl halides is 3. The molecule has 1 saturated carbocycles. The van der Waals surface area contributed by atoms with Crippen LogP contribution in [-0.4, -0.2) is 20.4 Å². The minimum atomic E-state index is -1.17. The van der Waals surface area contributed by atoms with Crippen LogP contribution in [0.2, 0.25) is 4.82 Å². The van der Waals surface area contributed by atoms with Gasteiger partial charge in [0.2, 0.25) is 0 Å². The van der Waals surface area contributed by atoms with E-state index in [1.165, 1.54) is 32.1 Å². The molecule has 1 atom stereocenters. The third-order valence-electron chi connectivity index (χ3n) is 1.93. The van der Waals surface area contributed by atoms with Crippen LogP contribution in [0.1, 0.15) is 32.1 Å². The zero-order valence-corrected chi connectivity index (χ0v) is 14.7. The molecule has 0 spiro atoms. The summed E-state index contributed by atoms with van der Waals surface area (Å²) in [5, 5.41) is 0. The zero-order valence-electron chi connectivity index (χ0n) is 7.38. The summed E-state index contributed by atoms with van der Waals surface area (Å²) >= 11 is 9.59. The third kappa shape index (κ3) is 6.61. The van der Waals surface area contributed by atoms with Gasteiger partial charge in [-0.3, -0.25) is 0 Å². The minimum absolute atomic E-state index is 0.0704. The van der Waals surface area contributed by atoms with E-state index < -0.39 is 11.8 Å². The van der Waals surface area contributed by atoms with Gasteiger partial charge in [-0.15, -0.1) is 0 Å². The van der Waals surface area contributed by atoms with Crippen molar-refractivity contribution in [2.24, 2.45) is 0 Å². The van der Waals surface area contributed by atoms with E-state index in [-0.39, 0.29) is 13.8 Å². The molecule has 0 amide bonds. The topological polar surface area (TPSA) is 26.3 Å². The summed E-state index contributed by atoms with van der Waals surface area (Å²) in [5.74, 6) is 0. The molecule has 0 bridgehead atoms. The molecule has 0 N–H and O–H groups in total. The molecule has 0 radical (unpaired) electrons. The van der Waals surface area contributed by atoms with Crippen LogP contribution < -0.4 is 0 Å². The second-order valence-electron chi connectivity index (χ2n) is 3.09. The van der Waals surface area contributed by atoms with Gasteiger partial charge in [0, 0.05) is 0 Å². The van der Waals surface area contributed by atoms with Gasteiger partial charge in [0.05, 0.1) is 0 Å². The Balaban J connectivity index is 2.25. The first-order valence-corrected chi connectivity index (χ1v) is 10.8. The van der Waals surface area contributed by atoms with Gasteiger partial charge in [-0.2, -0.15) is 0 Å². The fraction of sp³-hybridized carbons (Fsp3) is 1.00. The average Bonchev–Trinajstić information content (AvgIpc) is 2.02. The summed E-state index contributed by atoms with van der Waals surface area (Å²) < 4.78 is 15.9. The van der Waals surface area contributed by atoms with Crippen LogP contribution in [0.25, 0.3) is 0 Å². The molecule has 1 fully saturated rings. The quantitative estimate of drug-likeness (QED) is 0.456. The molecule has 7 heteroatoms. The van der Waals surface area contributed by atoms with Crippen LogP contribution in [0.5, 0.6) is 0 Å². The Hall–Kier alpha value is 2.07. The van der Waals surface area contributed by atoms with Gasteiger partial charge >= 0.3 is 119 Å². The number of rotatable bonds is 3. The summed E-state index contributed by atoms with van der Waals surface area (Å²) in [6.07, 6.45) is 6.33. The van der Waals surface area contributed by atoms with Crippen LogP contribution in [0.4, 0.5) is 0 Å². The average molecular weight is 478 g/mol. The molecule has 0 aliphatic heterocycles. The molecule has 1 unspecified atom stereocenters. The molecular weight excluding hydrogens is 467 g/mol. The predicted molar refractivity (Wildman–Crippen MR) is 71.3 cm³/mol. The van der Waals surface area contributed by atoms with Crippen molar-refractivity contribution in [1.29, 1.82) is 0 Å². The summed E-state index contributed by atoms with van der Waals surface area (Å²) in [4.78, 5) is 0.631. The van der Waals surface area contributed by atoms with Crippen LogP contribution in [-0.2, 0) is 13.7 Å². The maximum atomic E-state index is 11.6. The van der Waals surface area contributed by atoms with Gasteiger partial charge in [-0.05, 0) is 0 Å². The van der Waals surface area contributed by atoms with E-state index in [1.54, 1.807) is 0 Å². The number of hydrogen-bond acceptors (Lipinski definition) is 2. The van der Waals surface area contributed by atoms with Crippen molar-refractivity contribution in [1.82, 2.24) is 0 Å². The molecule has 0 aromatic carbocycles. The fourth-order valence-electron chi connectivity index (χ4n) is 1.37. The molecule has 2 nitrogen and oxygen atoms in total. The molecule has 0 heterocycles. The van der Waals surface area contributed by atoms with Crippen LogP contribution in [0, 0.1) is 0 Å². The first-order valence-electron chi connectivity index (χ1n) is 4.32. The van der Waals surface area contributed by atoms with Crippen molar-refractivity contribution in [3.63, 3.8) is 0 Å². The Morgan fingerprint density at radius 2 is 1.79 bits per heavy atom. The second kappa shape index (κ2) is 6.72. The molecule has 0 aromatic rings. The van der Waals surface area contributed by atoms with Crippen molar-refractivity contribution in [2.45, 2.75) is 39.2 Å². The van der Waals surface area contributed by atoms with Gasteiger partial charge in [0.1, 0.15) is 0 Å². The standard InChI is InChI=1S/C7H11Br3O2SSe/c8-7(9,10)12-13(11)14-6-4-2-1-3-5-6/h6H,1-5H2. The molecule has 0 saturated heterocycles. The van der Waals surface area contributed by atoms with Crippen LogP contribution in [0.3, 0.4) is 0 Å². The van der Waals surface area contributed by atoms with E-state index in [9.17, 15) is 4.21 Å². The summed E-state index contributed by atoms with van der Waals surface area (Å²) in [6, 6.07) is 0. The Morgan fingerprint density at radius 1 is 1.21 bits per heavy atom.